The molecule has 0 aromatic heterocycles. The SMILES string of the molecule is C.O=C1C=C(Oc2ccc(OC3=CC(=O)c4ccccc4C3=O)cc2)C(=O)c2ccccc21. The second kappa shape index (κ2) is 8.51. The quantitative estimate of drug-likeness (QED) is 0.569. The Morgan fingerprint density at radius 1 is 0.455 bits per heavy atom. The van der Waals surface area contributed by atoms with Crippen molar-refractivity contribution in [3.05, 3.63) is 119 Å². The summed E-state index contributed by atoms with van der Waals surface area (Å²) in [7, 11) is 0. The van der Waals surface area contributed by atoms with E-state index in [9.17, 15) is 19.2 Å². The molecule has 162 valence electrons. The van der Waals surface area contributed by atoms with Crippen LogP contribution < -0.4 is 9.47 Å². The molecule has 3 aromatic carbocycles. The van der Waals surface area contributed by atoms with E-state index in [0.29, 0.717) is 33.8 Å². The molecule has 6 nitrogen and oxygen atoms in total. The van der Waals surface area contributed by atoms with Crippen molar-refractivity contribution >= 4 is 23.1 Å². The molecule has 0 aliphatic heterocycles. The monoisotopic (exact) mass is 438 g/mol. The molecule has 0 atom stereocenters. The van der Waals surface area contributed by atoms with Gasteiger partial charge in [0.1, 0.15) is 11.5 Å². The number of hydrogen-bond acceptors (Lipinski definition) is 6. The largest absolute Gasteiger partial charge is 0.453 e. The van der Waals surface area contributed by atoms with Gasteiger partial charge in [0.2, 0.25) is 11.6 Å². The Bertz CT molecular complexity index is 1270. The summed E-state index contributed by atoms with van der Waals surface area (Å²) >= 11 is 0. The fourth-order valence-corrected chi connectivity index (χ4v) is 3.56. The van der Waals surface area contributed by atoms with Gasteiger partial charge in [0.25, 0.3) is 0 Å². The van der Waals surface area contributed by atoms with Crippen LogP contribution >= 0.6 is 0 Å². The van der Waals surface area contributed by atoms with Crippen LogP contribution in [0.15, 0.2) is 96.5 Å². The molecule has 0 bridgehead atoms. The molecule has 33 heavy (non-hydrogen) atoms. The van der Waals surface area contributed by atoms with E-state index in [-0.39, 0.29) is 42.1 Å². The first-order valence-electron chi connectivity index (χ1n) is 9.76. The molecule has 0 saturated carbocycles. The van der Waals surface area contributed by atoms with Gasteiger partial charge in [-0.25, -0.2) is 0 Å². The van der Waals surface area contributed by atoms with Gasteiger partial charge < -0.3 is 9.47 Å². The van der Waals surface area contributed by atoms with E-state index >= 15 is 0 Å². The molecule has 3 aromatic rings. The highest BCUT2D eigenvalue weighted by atomic mass is 16.5. The van der Waals surface area contributed by atoms with Crippen LogP contribution in [0.25, 0.3) is 0 Å². The Morgan fingerprint density at radius 3 is 1.15 bits per heavy atom. The lowest BCUT2D eigenvalue weighted by Crippen LogP contribution is -2.20. The van der Waals surface area contributed by atoms with Crippen LogP contribution in [0, 0.1) is 0 Å². The van der Waals surface area contributed by atoms with Crippen LogP contribution in [-0.4, -0.2) is 23.1 Å². The van der Waals surface area contributed by atoms with Crippen molar-refractivity contribution in [3.8, 4) is 11.5 Å². The van der Waals surface area contributed by atoms with Gasteiger partial charge in [-0.05, 0) is 24.3 Å². The van der Waals surface area contributed by atoms with Gasteiger partial charge in [-0.1, -0.05) is 56.0 Å². The van der Waals surface area contributed by atoms with Gasteiger partial charge in [-0.15, -0.1) is 0 Å². The Labute approximate surface area is 189 Å². The first-order valence-corrected chi connectivity index (χ1v) is 9.76. The fraction of sp³-hybridized carbons (Fsp3) is 0.0370. The zero-order valence-corrected chi connectivity index (χ0v) is 16.5. The topological polar surface area (TPSA) is 86.7 Å². The second-order valence-corrected chi connectivity index (χ2v) is 7.17. The lowest BCUT2D eigenvalue weighted by atomic mass is 9.94. The minimum atomic E-state index is -0.379. The molecular formula is C27H18O6. The summed E-state index contributed by atoms with van der Waals surface area (Å²) in [4.78, 5) is 49.7. The van der Waals surface area contributed by atoms with Gasteiger partial charge in [0.05, 0.1) is 0 Å². The standard InChI is InChI=1S/C26H14O6.CH4/c27-21-13-23(25(29)19-7-3-1-5-17(19)21)31-15-9-11-16(12-10-15)32-24-14-22(28)18-6-2-4-8-20(18)26(24)30;/h1-14H;1H4. The van der Waals surface area contributed by atoms with Gasteiger partial charge in [-0.2, -0.15) is 0 Å². The van der Waals surface area contributed by atoms with Crippen molar-refractivity contribution in [2.75, 3.05) is 0 Å². The number of carbonyl (C=O) groups is 4. The van der Waals surface area contributed by atoms with Gasteiger partial charge in [0, 0.05) is 34.4 Å². The average Bonchev–Trinajstić information content (AvgIpc) is 2.82. The number of benzene rings is 3. The number of hydrogen-bond donors (Lipinski definition) is 0. The molecule has 0 unspecified atom stereocenters. The summed E-state index contributed by atoms with van der Waals surface area (Å²) in [5, 5.41) is 0. The number of allylic oxidation sites excluding steroid dienone is 4. The van der Waals surface area contributed by atoms with Crippen molar-refractivity contribution in [2.24, 2.45) is 0 Å². The molecule has 0 fully saturated rings. The Morgan fingerprint density at radius 2 is 0.788 bits per heavy atom. The van der Waals surface area contributed by atoms with Crippen molar-refractivity contribution in [3.63, 3.8) is 0 Å². The Balaban J connectivity index is 0.00000259. The molecule has 2 aliphatic rings. The number of ketones is 4. The molecule has 0 N–H and O–H groups in total. The van der Waals surface area contributed by atoms with E-state index in [1.54, 1.807) is 48.5 Å². The van der Waals surface area contributed by atoms with Crippen molar-refractivity contribution < 1.29 is 28.7 Å². The highest BCUT2D eigenvalue weighted by Gasteiger charge is 2.28. The number of carbonyl (C=O) groups excluding carboxylic acids is 4. The van der Waals surface area contributed by atoms with Crippen LogP contribution in [-0.2, 0) is 0 Å². The maximum absolute atomic E-state index is 12.6. The molecule has 0 heterocycles. The smallest absolute Gasteiger partial charge is 0.229 e. The maximum Gasteiger partial charge on any atom is 0.229 e. The summed E-state index contributed by atoms with van der Waals surface area (Å²) in [6.07, 6.45) is 2.34. The third-order valence-corrected chi connectivity index (χ3v) is 5.13. The van der Waals surface area contributed by atoms with Crippen molar-refractivity contribution in [1.82, 2.24) is 0 Å². The molecule has 0 saturated heterocycles. The third kappa shape index (κ3) is 3.90. The average molecular weight is 438 g/mol. The van der Waals surface area contributed by atoms with Crippen LogP contribution in [0.3, 0.4) is 0 Å². The molecule has 0 spiro atoms. The van der Waals surface area contributed by atoms with Gasteiger partial charge in [-0.3, -0.25) is 19.2 Å². The summed E-state index contributed by atoms with van der Waals surface area (Å²) in [6.45, 7) is 0. The van der Waals surface area contributed by atoms with E-state index in [0.717, 1.165) is 0 Å². The fourth-order valence-electron chi connectivity index (χ4n) is 3.56. The van der Waals surface area contributed by atoms with E-state index in [4.69, 9.17) is 9.47 Å². The highest BCUT2D eigenvalue weighted by molar-refractivity contribution is 6.24. The summed E-state index contributed by atoms with van der Waals surface area (Å²) in [5.41, 5.74) is 1.27. The highest BCUT2D eigenvalue weighted by Crippen LogP contribution is 2.28. The van der Waals surface area contributed by atoms with Gasteiger partial charge >= 0.3 is 0 Å². The first-order chi connectivity index (χ1) is 15.5. The summed E-state index contributed by atoms with van der Waals surface area (Å²) in [5.74, 6) is -0.884. The number of fused-ring (bicyclic) bond motifs is 2. The third-order valence-electron chi connectivity index (χ3n) is 5.13. The molecule has 2 aliphatic carbocycles. The summed E-state index contributed by atoms with van der Waals surface area (Å²) < 4.78 is 11.2. The number of Topliss-reactive ketones (excluding diaryl/α,β-unsaturated/α-hetero) is 2. The Hall–Kier alpha value is -4.58. The van der Waals surface area contributed by atoms with Crippen LogP contribution in [0.2, 0.25) is 0 Å². The van der Waals surface area contributed by atoms with Crippen LogP contribution in [0.1, 0.15) is 48.9 Å². The lowest BCUT2D eigenvalue weighted by molar-refractivity contribution is 0.0945. The molecule has 0 amide bonds. The Kier molecular flexibility index (Phi) is 5.58. The zero-order valence-electron chi connectivity index (χ0n) is 16.5. The van der Waals surface area contributed by atoms with Crippen LogP contribution in [0.5, 0.6) is 11.5 Å². The predicted octanol–water partition coefficient (Wildman–Crippen LogP) is 5.01. The van der Waals surface area contributed by atoms with Crippen molar-refractivity contribution in [1.29, 1.82) is 0 Å². The number of rotatable bonds is 4. The van der Waals surface area contributed by atoms with E-state index in [2.05, 4.69) is 0 Å². The minimum Gasteiger partial charge on any atom is -0.453 e. The summed E-state index contributed by atoms with van der Waals surface area (Å²) in [6, 6.07) is 19.3. The minimum absolute atomic E-state index is 0. The second-order valence-electron chi connectivity index (χ2n) is 7.17. The zero-order chi connectivity index (χ0) is 22.2. The van der Waals surface area contributed by atoms with Gasteiger partial charge in [0.15, 0.2) is 23.1 Å². The molecule has 0 radical (unpaired) electrons. The molecular weight excluding hydrogens is 420 g/mol. The molecule has 5 rings (SSSR count). The van der Waals surface area contributed by atoms with E-state index in [1.165, 1.54) is 36.4 Å². The van der Waals surface area contributed by atoms with Crippen LogP contribution in [0.4, 0.5) is 0 Å². The maximum atomic E-state index is 12.6. The normalized spacial score (nSPS) is 14.4. The lowest BCUT2D eigenvalue weighted by Gasteiger charge is -2.17. The van der Waals surface area contributed by atoms with E-state index in [1.807, 2.05) is 0 Å². The molecule has 6 heteroatoms. The first kappa shape index (κ1) is 21.6. The van der Waals surface area contributed by atoms with E-state index < -0.39 is 0 Å². The number of ether oxygens (including phenoxy) is 2. The predicted molar refractivity (Wildman–Crippen MR) is 121 cm³/mol. The van der Waals surface area contributed by atoms with Crippen molar-refractivity contribution in [2.45, 2.75) is 7.43 Å².